The summed E-state index contributed by atoms with van der Waals surface area (Å²) in [6.07, 6.45) is 0. The van der Waals surface area contributed by atoms with Gasteiger partial charge in [-0.2, -0.15) is 4.98 Å². The molecule has 1 heterocycles. The Morgan fingerprint density at radius 2 is 2.27 bits per heavy atom. The Morgan fingerprint density at radius 3 is 3.00 bits per heavy atom. The predicted molar refractivity (Wildman–Crippen MR) is 60.7 cm³/mol. The number of nitrogens with one attached hydrogen (secondary N) is 1. The summed E-state index contributed by atoms with van der Waals surface area (Å²) in [6.45, 7) is 3.52. The Hall–Kier alpha value is -1.55. The third kappa shape index (κ3) is 2.27. The van der Waals surface area contributed by atoms with E-state index >= 15 is 0 Å². The van der Waals surface area contributed by atoms with Crippen molar-refractivity contribution in [1.29, 1.82) is 0 Å². The van der Waals surface area contributed by atoms with Crippen molar-refractivity contribution in [1.82, 2.24) is 4.98 Å². The van der Waals surface area contributed by atoms with Crippen LogP contribution in [0, 0.1) is 5.92 Å². The third-order valence-corrected chi connectivity index (χ3v) is 2.30. The normalized spacial score (nSPS) is 12.9. The molecule has 15 heavy (non-hydrogen) atoms. The van der Waals surface area contributed by atoms with Gasteiger partial charge in [-0.25, -0.2) is 0 Å². The zero-order valence-corrected chi connectivity index (χ0v) is 8.73. The van der Waals surface area contributed by atoms with E-state index < -0.39 is 0 Å². The molecule has 0 saturated heterocycles. The van der Waals surface area contributed by atoms with Crippen LogP contribution in [0.4, 0.5) is 6.01 Å². The Kier molecular flexibility index (Phi) is 2.87. The zero-order chi connectivity index (χ0) is 10.7. The minimum atomic E-state index is 0.417. The molecule has 0 amide bonds. The van der Waals surface area contributed by atoms with Crippen LogP contribution in [0.3, 0.4) is 0 Å². The molecular formula is C11H15N3O. The fourth-order valence-corrected chi connectivity index (χ4v) is 1.29. The second kappa shape index (κ2) is 4.31. The number of fused-ring (bicyclic) bond motifs is 1. The predicted octanol–water partition coefficient (Wildman–Crippen LogP) is 1.83. The summed E-state index contributed by atoms with van der Waals surface area (Å²) in [6, 6.07) is 8.27. The number of aromatic nitrogens is 1. The third-order valence-electron chi connectivity index (χ3n) is 2.30. The molecule has 80 valence electrons. The SMILES string of the molecule is CC(CN)CNc1nc2ccccc2o1. The Morgan fingerprint density at radius 1 is 1.47 bits per heavy atom. The summed E-state index contributed by atoms with van der Waals surface area (Å²) >= 11 is 0. The van der Waals surface area contributed by atoms with E-state index in [0.29, 0.717) is 18.5 Å². The number of nitrogens with zero attached hydrogens (tertiary/aromatic N) is 1. The minimum Gasteiger partial charge on any atom is -0.424 e. The van der Waals surface area contributed by atoms with Crippen molar-refractivity contribution >= 4 is 17.1 Å². The second-order valence-corrected chi connectivity index (χ2v) is 3.71. The fourth-order valence-electron chi connectivity index (χ4n) is 1.29. The van der Waals surface area contributed by atoms with Gasteiger partial charge in [0.2, 0.25) is 0 Å². The molecule has 4 nitrogen and oxygen atoms in total. The molecule has 0 aliphatic heterocycles. The highest BCUT2D eigenvalue weighted by Crippen LogP contribution is 2.17. The first-order valence-corrected chi connectivity index (χ1v) is 5.09. The summed E-state index contributed by atoms with van der Waals surface area (Å²) in [7, 11) is 0. The Bertz CT molecular complexity index is 405. The average Bonchev–Trinajstić information content (AvgIpc) is 2.68. The van der Waals surface area contributed by atoms with Crippen LogP contribution in [0.2, 0.25) is 0 Å². The molecule has 0 aliphatic carbocycles. The minimum absolute atomic E-state index is 0.417. The van der Waals surface area contributed by atoms with Crippen LogP contribution in [0.1, 0.15) is 6.92 Å². The molecule has 0 bridgehead atoms. The van der Waals surface area contributed by atoms with Gasteiger partial charge in [0.15, 0.2) is 5.58 Å². The summed E-state index contributed by atoms with van der Waals surface area (Å²) in [5.74, 6) is 0.417. The highest BCUT2D eigenvalue weighted by atomic mass is 16.4. The van der Waals surface area contributed by atoms with Crippen molar-refractivity contribution in [2.24, 2.45) is 11.7 Å². The molecule has 1 atom stereocenters. The van der Waals surface area contributed by atoms with Crippen LogP contribution in [0.25, 0.3) is 11.1 Å². The summed E-state index contributed by atoms with van der Waals surface area (Å²) in [5, 5.41) is 3.13. The van der Waals surface area contributed by atoms with Crippen molar-refractivity contribution < 1.29 is 4.42 Å². The Labute approximate surface area is 88.5 Å². The van der Waals surface area contributed by atoms with Crippen molar-refractivity contribution in [3.8, 4) is 0 Å². The van der Waals surface area contributed by atoms with Crippen LogP contribution in [0.15, 0.2) is 28.7 Å². The van der Waals surface area contributed by atoms with Gasteiger partial charge >= 0.3 is 0 Å². The van der Waals surface area contributed by atoms with E-state index in [1.165, 1.54) is 0 Å². The zero-order valence-electron chi connectivity index (χ0n) is 8.73. The van der Waals surface area contributed by atoms with E-state index in [0.717, 1.165) is 17.6 Å². The van der Waals surface area contributed by atoms with Gasteiger partial charge < -0.3 is 15.5 Å². The lowest BCUT2D eigenvalue weighted by molar-refractivity contribution is 0.580. The smallest absolute Gasteiger partial charge is 0.295 e. The van der Waals surface area contributed by atoms with E-state index in [2.05, 4.69) is 17.2 Å². The molecular weight excluding hydrogens is 190 g/mol. The topological polar surface area (TPSA) is 64.1 Å². The van der Waals surface area contributed by atoms with Crippen molar-refractivity contribution in [3.63, 3.8) is 0 Å². The number of nitrogens with two attached hydrogens (primary N) is 1. The second-order valence-electron chi connectivity index (χ2n) is 3.71. The highest BCUT2D eigenvalue weighted by molar-refractivity contribution is 5.74. The van der Waals surface area contributed by atoms with E-state index in [9.17, 15) is 0 Å². The molecule has 3 N–H and O–H groups in total. The van der Waals surface area contributed by atoms with Crippen molar-refractivity contribution in [2.75, 3.05) is 18.4 Å². The van der Waals surface area contributed by atoms with Gasteiger partial charge in [-0.3, -0.25) is 0 Å². The summed E-state index contributed by atoms with van der Waals surface area (Å²) < 4.78 is 5.50. The van der Waals surface area contributed by atoms with Gasteiger partial charge in [0.05, 0.1) is 0 Å². The molecule has 0 fully saturated rings. The number of para-hydroxylation sites is 2. The molecule has 1 aromatic heterocycles. The van der Waals surface area contributed by atoms with Gasteiger partial charge in [-0.1, -0.05) is 19.1 Å². The van der Waals surface area contributed by atoms with Crippen LogP contribution in [-0.2, 0) is 0 Å². The van der Waals surface area contributed by atoms with E-state index in [4.69, 9.17) is 10.2 Å². The molecule has 0 spiro atoms. The molecule has 0 saturated carbocycles. The largest absolute Gasteiger partial charge is 0.424 e. The highest BCUT2D eigenvalue weighted by Gasteiger charge is 2.05. The van der Waals surface area contributed by atoms with Gasteiger partial charge in [0.25, 0.3) is 6.01 Å². The lowest BCUT2D eigenvalue weighted by Gasteiger charge is -2.07. The first-order valence-electron chi connectivity index (χ1n) is 5.09. The molecule has 0 aliphatic rings. The maximum absolute atomic E-state index is 5.52. The van der Waals surface area contributed by atoms with E-state index in [-0.39, 0.29) is 0 Å². The standard InChI is InChI=1S/C11H15N3O/c1-8(6-12)7-13-11-14-9-4-2-3-5-10(9)15-11/h2-5,8H,6-7,12H2,1H3,(H,13,14). The van der Waals surface area contributed by atoms with E-state index in [1.54, 1.807) is 0 Å². The monoisotopic (exact) mass is 205 g/mol. The van der Waals surface area contributed by atoms with E-state index in [1.807, 2.05) is 24.3 Å². The molecule has 2 rings (SSSR count). The first-order chi connectivity index (χ1) is 7.29. The maximum Gasteiger partial charge on any atom is 0.295 e. The number of anilines is 1. The van der Waals surface area contributed by atoms with Gasteiger partial charge in [0.1, 0.15) is 5.52 Å². The Balaban J connectivity index is 2.09. The molecule has 1 aromatic carbocycles. The van der Waals surface area contributed by atoms with Crippen LogP contribution in [0.5, 0.6) is 0 Å². The van der Waals surface area contributed by atoms with Gasteiger partial charge in [0, 0.05) is 6.54 Å². The number of hydrogen-bond acceptors (Lipinski definition) is 4. The first kappa shape index (κ1) is 9.98. The molecule has 0 radical (unpaired) electrons. The fraction of sp³-hybridized carbons (Fsp3) is 0.364. The van der Waals surface area contributed by atoms with Crippen LogP contribution >= 0.6 is 0 Å². The lowest BCUT2D eigenvalue weighted by Crippen LogP contribution is -2.19. The van der Waals surface area contributed by atoms with Crippen molar-refractivity contribution in [3.05, 3.63) is 24.3 Å². The quantitative estimate of drug-likeness (QED) is 0.799. The molecule has 1 unspecified atom stereocenters. The van der Waals surface area contributed by atoms with Crippen LogP contribution < -0.4 is 11.1 Å². The average molecular weight is 205 g/mol. The summed E-state index contributed by atoms with van der Waals surface area (Å²) in [5.41, 5.74) is 7.20. The van der Waals surface area contributed by atoms with Crippen LogP contribution in [-0.4, -0.2) is 18.1 Å². The number of hydrogen-bond donors (Lipinski definition) is 2. The lowest BCUT2D eigenvalue weighted by atomic mass is 10.2. The number of benzene rings is 1. The molecule has 4 heteroatoms. The number of rotatable bonds is 4. The maximum atomic E-state index is 5.52. The van der Waals surface area contributed by atoms with Crippen molar-refractivity contribution in [2.45, 2.75) is 6.92 Å². The van der Waals surface area contributed by atoms with Gasteiger partial charge in [-0.15, -0.1) is 0 Å². The summed E-state index contributed by atoms with van der Waals surface area (Å²) in [4.78, 5) is 4.30. The van der Waals surface area contributed by atoms with Gasteiger partial charge in [-0.05, 0) is 24.6 Å². The number of oxazole rings is 1. The molecule has 2 aromatic rings.